The van der Waals surface area contributed by atoms with Crippen LogP contribution in [0.25, 0.3) is 0 Å². The SMILES string of the molecule is CCCCC/C=C\C/C=C\C/C=C\CC(O)C(O)CCCC(=O)O[C@H](COC(=O)CCCCCCCCC(C)C)COP(=O)(O)OC[C@@H](O)CO. The molecule has 0 aromatic rings. The van der Waals surface area contributed by atoms with E-state index in [9.17, 15) is 34.4 Å². The van der Waals surface area contributed by atoms with Gasteiger partial charge in [-0.3, -0.25) is 18.6 Å². The van der Waals surface area contributed by atoms with Crippen LogP contribution in [0.2, 0.25) is 0 Å². The lowest BCUT2D eigenvalue weighted by atomic mass is 10.0. The highest BCUT2D eigenvalue weighted by Crippen LogP contribution is 2.43. The van der Waals surface area contributed by atoms with Crippen molar-refractivity contribution in [3.63, 3.8) is 0 Å². The number of hydrogen-bond donors (Lipinski definition) is 5. The topological polar surface area (TPSA) is 189 Å². The van der Waals surface area contributed by atoms with E-state index in [1.807, 2.05) is 18.2 Å². The van der Waals surface area contributed by atoms with Crippen molar-refractivity contribution < 1.29 is 58.0 Å². The Hall–Kier alpha value is -1.89. The lowest BCUT2D eigenvalue weighted by Gasteiger charge is -2.20. The third-order valence-electron chi connectivity index (χ3n) is 7.93. The van der Waals surface area contributed by atoms with E-state index in [1.54, 1.807) is 0 Å². The molecule has 0 aliphatic carbocycles. The van der Waals surface area contributed by atoms with Gasteiger partial charge >= 0.3 is 19.8 Å². The molecular weight excluding hydrogens is 679 g/mol. The van der Waals surface area contributed by atoms with E-state index in [-0.39, 0.29) is 32.1 Å². The number of hydrogen-bond acceptors (Lipinski definition) is 11. The van der Waals surface area contributed by atoms with E-state index < -0.39 is 70.6 Å². The Bertz CT molecular complexity index is 999. The van der Waals surface area contributed by atoms with Gasteiger partial charge in [-0.1, -0.05) is 109 Å². The Balaban J connectivity index is 4.65. The van der Waals surface area contributed by atoms with Crippen molar-refractivity contribution in [1.82, 2.24) is 0 Å². The van der Waals surface area contributed by atoms with E-state index in [4.69, 9.17) is 19.1 Å². The number of carbonyl (C=O) groups is 2. The van der Waals surface area contributed by atoms with E-state index in [2.05, 4.69) is 43.5 Å². The van der Waals surface area contributed by atoms with Crippen LogP contribution in [0.4, 0.5) is 0 Å². The molecule has 0 heterocycles. The quantitative estimate of drug-likeness (QED) is 0.0196. The fourth-order valence-electron chi connectivity index (χ4n) is 4.81. The fraction of sp³-hybridized carbons (Fsp3) is 0.789. The molecule has 0 radical (unpaired) electrons. The van der Waals surface area contributed by atoms with Crippen molar-refractivity contribution in [1.29, 1.82) is 0 Å². The molecule has 0 aliphatic rings. The maximum atomic E-state index is 12.6. The van der Waals surface area contributed by atoms with Gasteiger partial charge in [0.2, 0.25) is 0 Å². The van der Waals surface area contributed by atoms with Crippen LogP contribution in [0.5, 0.6) is 0 Å². The molecule has 12 nitrogen and oxygen atoms in total. The van der Waals surface area contributed by atoms with Gasteiger partial charge in [0.25, 0.3) is 0 Å². The van der Waals surface area contributed by atoms with Crippen molar-refractivity contribution in [2.75, 3.05) is 26.4 Å². The van der Waals surface area contributed by atoms with Crippen LogP contribution in [0, 0.1) is 5.92 Å². The van der Waals surface area contributed by atoms with Crippen LogP contribution in [0.1, 0.15) is 136 Å². The fourth-order valence-corrected chi connectivity index (χ4v) is 5.60. The number of unbranched alkanes of at least 4 members (excludes halogenated alkanes) is 8. The molecule has 0 fully saturated rings. The molecule has 0 aromatic carbocycles. The second-order valence-electron chi connectivity index (χ2n) is 13.4. The van der Waals surface area contributed by atoms with Crippen molar-refractivity contribution in [3.8, 4) is 0 Å². The molecule has 0 saturated heterocycles. The van der Waals surface area contributed by atoms with Gasteiger partial charge in [-0.2, -0.15) is 0 Å². The maximum absolute atomic E-state index is 12.6. The number of carbonyl (C=O) groups excluding carboxylic acids is 2. The molecule has 0 amide bonds. The predicted molar refractivity (Wildman–Crippen MR) is 199 cm³/mol. The number of ether oxygens (including phenoxy) is 2. The molecule has 5 N–H and O–H groups in total. The summed E-state index contributed by atoms with van der Waals surface area (Å²) in [6, 6.07) is 0. The lowest BCUT2D eigenvalue weighted by molar-refractivity contribution is -0.161. The van der Waals surface area contributed by atoms with Crippen LogP contribution < -0.4 is 0 Å². The second kappa shape index (κ2) is 32.7. The Morgan fingerprint density at radius 2 is 1.29 bits per heavy atom. The predicted octanol–water partition coefficient (Wildman–Crippen LogP) is 7.02. The molecule has 3 unspecified atom stereocenters. The first-order chi connectivity index (χ1) is 24.4. The molecule has 0 spiro atoms. The zero-order valence-corrected chi connectivity index (χ0v) is 32.3. The van der Waals surface area contributed by atoms with Gasteiger partial charge in [0.1, 0.15) is 12.7 Å². The molecule has 0 bridgehead atoms. The Morgan fingerprint density at radius 1 is 0.686 bits per heavy atom. The van der Waals surface area contributed by atoms with Crippen molar-refractivity contribution >= 4 is 19.8 Å². The molecule has 0 rings (SSSR count). The lowest BCUT2D eigenvalue weighted by Crippen LogP contribution is -2.30. The van der Waals surface area contributed by atoms with E-state index in [0.29, 0.717) is 12.3 Å². The van der Waals surface area contributed by atoms with Crippen LogP contribution in [0.3, 0.4) is 0 Å². The molecule has 0 aliphatic heterocycles. The first kappa shape index (κ1) is 49.1. The average molecular weight is 749 g/mol. The smallest absolute Gasteiger partial charge is 0.462 e. The van der Waals surface area contributed by atoms with Crippen LogP contribution in [-0.2, 0) is 32.7 Å². The number of aliphatic hydroxyl groups is 4. The number of rotatable bonds is 34. The Kier molecular flexibility index (Phi) is 31.5. The molecule has 13 heteroatoms. The maximum Gasteiger partial charge on any atom is 0.472 e. The van der Waals surface area contributed by atoms with Gasteiger partial charge in [0.15, 0.2) is 6.10 Å². The highest BCUT2D eigenvalue weighted by atomic mass is 31.2. The summed E-state index contributed by atoms with van der Waals surface area (Å²) >= 11 is 0. The number of esters is 2. The summed E-state index contributed by atoms with van der Waals surface area (Å²) in [5, 5.41) is 38.9. The van der Waals surface area contributed by atoms with Gasteiger partial charge in [-0.25, -0.2) is 4.57 Å². The van der Waals surface area contributed by atoms with Crippen LogP contribution in [0.15, 0.2) is 36.5 Å². The molecule has 298 valence electrons. The third kappa shape index (κ3) is 32.5. The van der Waals surface area contributed by atoms with E-state index in [1.165, 1.54) is 38.5 Å². The number of allylic oxidation sites excluding steroid dienone is 5. The number of aliphatic hydroxyl groups excluding tert-OH is 4. The second-order valence-corrected chi connectivity index (χ2v) is 14.8. The number of phosphoric ester groups is 1. The average Bonchev–Trinajstić information content (AvgIpc) is 3.09. The standard InChI is InChI=1S/C38H69O12P/c1-4-5-6-7-8-9-10-11-12-13-17-20-24-35(41)36(42)25-22-27-38(44)50-34(31-49-51(45,46)48-29-33(40)28-39)30-47-37(43)26-21-18-15-14-16-19-23-32(2)3/h8-9,11-12,17,20,32-36,39-42H,4-7,10,13-16,18-19,21-31H2,1-3H3,(H,45,46)/b9-8-,12-11-,20-17-/t33-,34+,35?,36?/m0/s1. The summed E-state index contributed by atoms with van der Waals surface area (Å²) in [4.78, 5) is 34.8. The zero-order valence-electron chi connectivity index (χ0n) is 31.4. The van der Waals surface area contributed by atoms with Gasteiger partial charge < -0.3 is 34.8 Å². The summed E-state index contributed by atoms with van der Waals surface area (Å²) in [5.74, 6) is -0.520. The molecule has 5 atom stereocenters. The summed E-state index contributed by atoms with van der Waals surface area (Å²) in [7, 11) is -4.69. The molecule has 51 heavy (non-hydrogen) atoms. The van der Waals surface area contributed by atoms with Crippen LogP contribution in [-0.4, -0.2) is 88.1 Å². The summed E-state index contributed by atoms with van der Waals surface area (Å²) < 4.78 is 32.3. The first-order valence-electron chi connectivity index (χ1n) is 19.0. The molecular formula is C38H69O12P. The van der Waals surface area contributed by atoms with Gasteiger partial charge in [0.05, 0.1) is 32.0 Å². The largest absolute Gasteiger partial charge is 0.472 e. The van der Waals surface area contributed by atoms with Crippen molar-refractivity contribution in [3.05, 3.63) is 36.5 Å². The Morgan fingerprint density at radius 3 is 1.96 bits per heavy atom. The van der Waals surface area contributed by atoms with Gasteiger partial charge in [-0.15, -0.1) is 0 Å². The van der Waals surface area contributed by atoms with Crippen molar-refractivity contribution in [2.45, 2.75) is 161 Å². The summed E-state index contributed by atoms with van der Waals surface area (Å²) in [6.45, 7) is 4.19. The van der Waals surface area contributed by atoms with Gasteiger partial charge in [0, 0.05) is 12.8 Å². The van der Waals surface area contributed by atoms with E-state index in [0.717, 1.165) is 38.5 Å². The van der Waals surface area contributed by atoms with Gasteiger partial charge in [-0.05, 0) is 57.3 Å². The highest BCUT2D eigenvalue weighted by molar-refractivity contribution is 7.47. The number of phosphoric acid groups is 1. The first-order valence-corrected chi connectivity index (χ1v) is 20.5. The summed E-state index contributed by atoms with van der Waals surface area (Å²) in [6.07, 6.45) is 21.8. The third-order valence-corrected chi connectivity index (χ3v) is 8.88. The monoisotopic (exact) mass is 748 g/mol. The minimum atomic E-state index is -4.69. The normalized spacial score (nSPS) is 15.8. The minimum Gasteiger partial charge on any atom is -0.462 e. The zero-order chi connectivity index (χ0) is 38.2. The van der Waals surface area contributed by atoms with E-state index >= 15 is 0 Å². The Labute approximate surface area is 306 Å². The molecule has 0 aromatic heterocycles. The highest BCUT2D eigenvalue weighted by Gasteiger charge is 2.27. The molecule has 0 saturated carbocycles. The van der Waals surface area contributed by atoms with Crippen LogP contribution >= 0.6 is 7.82 Å². The summed E-state index contributed by atoms with van der Waals surface area (Å²) in [5.41, 5.74) is 0. The minimum absolute atomic E-state index is 0.130. The van der Waals surface area contributed by atoms with Crippen molar-refractivity contribution in [2.24, 2.45) is 5.92 Å².